The highest BCUT2D eigenvalue weighted by molar-refractivity contribution is 6.27. The van der Waals surface area contributed by atoms with Gasteiger partial charge in [-0.15, -0.1) is 11.6 Å². The van der Waals surface area contributed by atoms with Crippen molar-refractivity contribution in [2.45, 2.75) is 6.92 Å². The molecule has 1 aromatic rings. The summed E-state index contributed by atoms with van der Waals surface area (Å²) in [5.41, 5.74) is 1.25. The number of carbonyl (C=O) groups is 2. The molecule has 0 atom stereocenters. The summed E-state index contributed by atoms with van der Waals surface area (Å²) in [5, 5.41) is 2.58. The van der Waals surface area contributed by atoms with Crippen molar-refractivity contribution in [3.8, 4) is 0 Å². The molecule has 0 aromatic heterocycles. The first-order valence-corrected chi connectivity index (χ1v) is 5.30. The first kappa shape index (κ1) is 12.5. The number of benzene rings is 1. The predicted octanol–water partition coefficient (Wildman–Crippen LogP) is 1.97. The molecule has 0 bridgehead atoms. The van der Waals surface area contributed by atoms with E-state index in [1.54, 1.807) is 0 Å². The average Bonchev–Trinajstić information content (AvgIpc) is 2.28. The highest BCUT2D eigenvalue weighted by atomic mass is 35.5. The van der Waals surface area contributed by atoms with Crippen molar-refractivity contribution < 1.29 is 9.59 Å². The zero-order valence-electron chi connectivity index (χ0n) is 8.87. The van der Waals surface area contributed by atoms with Crippen LogP contribution in [0.5, 0.6) is 0 Å². The van der Waals surface area contributed by atoms with Gasteiger partial charge in [0.15, 0.2) is 5.78 Å². The SMILES string of the molecule is CC(=O)/C=C(/NC(=O)CCl)c1ccccc1. The van der Waals surface area contributed by atoms with Gasteiger partial charge in [0.2, 0.25) is 5.91 Å². The van der Waals surface area contributed by atoms with Crippen LogP contribution in [-0.4, -0.2) is 17.6 Å². The van der Waals surface area contributed by atoms with Crippen molar-refractivity contribution in [2.75, 3.05) is 5.88 Å². The molecule has 1 amide bonds. The fourth-order valence-electron chi connectivity index (χ4n) is 1.20. The summed E-state index contributed by atoms with van der Waals surface area (Å²) in [6.45, 7) is 1.43. The Hall–Kier alpha value is -1.61. The summed E-state index contributed by atoms with van der Waals surface area (Å²) < 4.78 is 0. The van der Waals surface area contributed by atoms with Crippen LogP contribution in [0.3, 0.4) is 0 Å². The van der Waals surface area contributed by atoms with E-state index in [1.165, 1.54) is 13.0 Å². The quantitative estimate of drug-likeness (QED) is 0.643. The maximum Gasteiger partial charge on any atom is 0.239 e. The number of hydrogen-bond donors (Lipinski definition) is 1. The fourth-order valence-corrected chi connectivity index (χ4v) is 1.26. The van der Waals surface area contributed by atoms with Gasteiger partial charge >= 0.3 is 0 Å². The van der Waals surface area contributed by atoms with E-state index in [1.807, 2.05) is 30.3 Å². The normalized spacial score (nSPS) is 11.0. The topological polar surface area (TPSA) is 46.2 Å². The monoisotopic (exact) mass is 237 g/mol. The number of carbonyl (C=O) groups excluding carboxylic acids is 2. The highest BCUT2D eigenvalue weighted by Crippen LogP contribution is 2.10. The Bertz CT molecular complexity index is 412. The van der Waals surface area contributed by atoms with Gasteiger partial charge in [0.25, 0.3) is 0 Å². The molecule has 0 unspecified atom stereocenters. The van der Waals surface area contributed by atoms with Gasteiger partial charge in [0.1, 0.15) is 5.88 Å². The molecule has 84 valence electrons. The van der Waals surface area contributed by atoms with E-state index < -0.39 is 0 Å². The molecular formula is C12H12ClNO2. The van der Waals surface area contributed by atoms with E-state index in [0.29, 0.717) is 5.70 Å². The zero-order chi connectivity index (χ0) is 12.0. The minimum atomic E-state index is -0.335. The molecule has 1 aromatic carbocycles. The van der Waals surface area contributed by atoms with Crippen LogP contribution in [0.1, 0.15) is 12.5 Å². The van der Waals surface area contributed by atoms with Gasteiger partial charge in [-0.3, -0.25) is 9.59 Å². The standard InChI is InChI=1S/C12H12ClNO2/c1-9(15)7-11(14-12(16)8-13)10-5-3-2-4-6-10/h2-7H,8H2,1H3,(H,14,16)/b11-7+. The third-order valence-electron chi connectivity index (χ3n) is 1.83. The predicted molar refractivity (Wildman–Crippen MR) is 64.0 cm³/mol. The van der Waals surface area contributed by atoms with Crippen molar-refractivity contribution in [2.24, 2.45) is 0 Å². The molecule has 0 heterocycles. The van der Waals surface area contributed by atoms with Crippen LogP contribution in [-0.2, 0) is 9.59 Å². The van der Waals surface area contributed by atoms with E-state index in [2.05, 4.69) is 5.32 Å². The molecule has 0 aliphatic rings. The Labute approximate surface area is 99.1 Å². The lowest BCUT2D eigenvalue weighted by molar-refractivity contribution is -0.117. The van der Waals surface area contributed by atoms with E-state index in [-0.39, 0.29) is 17.6 Å². The number of alkyl halides is 1. The summed E-state index contributed by atoms with van der Waals surface area (Å²) in [6, 6.07) is 9.14. The van der Waals surface area contributed by atoms with E-state index in [0.717, 1.165) is 5.56 Å². The molecule has 0 fully saturated rings. The Morgan fingerprint density at radius 1 is 1.31 bits per heavy atom. The van der Waals surface area contributed by atoms with Gasteiger partial charge in [-0.05, 0) is 12.5 Å². The number of amides is 1. The molecule has 16 heavy (non-hydrogen) atoms. The smallest absolute Gasteiger partial charge is 0.239 e. The minimum Gasteiger partial charge on any atom is -0.324 e. The fraction of sp³-hybridized carbons (Fsp3) is 0.167. The molecule has 1 N–H and O–H groups in total. The molecule has 0 saturated heterocycles. The van der Waals surface area contributed by atoms with Gasteiger partial charge in [-0.25, -0.2) is 0 Å². The second-order valence-corrected chi connectivity index (χ2v) is 3.48. The van der Waals surface area contributed by atoms with Gasteiger partial charge < -0.3 is 5.32 Å². The Balaban J connectivity index is 2.98. The van der Waals surface area contributed by atoms with Crippen LogP contribution in [0, 0.1) is 0 Å². The van der Waals surface area contributed by atoms with Gasteiger partial charge in [0.05, 0.1) is 5.70 Å². The molecule has 0 saturated carbocycles. The molecule has 3 nitrogen and oxygen atoms in total. The number of rotatable bonds is 4. The summed E-state index contributed by atoms with van der Waals surface area (Å²) in [4.78, 5) is 22.2. The number of nitrogens with one attached hydrogen (secondary N) is 1. The summed E-state index contributed by atoms with van der Waals surface area (Å²) in [5.74, 6) is -0.603. The van der Waals surface area contributed by atoms with Crippen LogP contribution < -0.4 is 5.32 Å². The van der Waals surface area contributed by atoms with E-state index in [9.17, 15) is 9.59 Å². The second-order valence-electron chi connectivity index (χ2n) is 3.22. The molecule has 0 radical (unpaired) electrons. The summed E-state index contributed by atoms with van der Waals surface area (Å²) in [6.07, 6.45) is 1.37. The first-order valence-electron chi connectivity index (χ1n) is 4.77. The lowest BCUT2D eigenvalue weighted by Gasteiger charge is -2.08. The minimum absolute atomic E-state index is 0.131. The third-order valence-corrected chi connectivity index (χ3v) is 2.07. The summed E-state index contributed by atoms with van der Waals surface area (Å²) >= 11 is 5.40. The number of allylic oxidation sites excluding steroid dienone is 1. The van der Waals surface area contributed by atoms with Crippen molar-refractivity contribution in [3.05, 3.63) is 42.0 Å². The van der Waals surface area contributed by atoms with Crippen molar-refractivity contribution in [1.82, 2.24) is 5.32 Å². The Kier molecular flexibility index (Phi) is 4.73. The number of ketones is 1. The molecule has 0 aliphatic heterocycles. The Morgan fingerprint density at radius 2 is 1.94 bits per heavy atom. The maximum absolute atomic E-state index is 11.2. The number of hydrogen-bond acceptors (Lipinski definition) is 2. The largest absolute Gasteiger partial charge is 0.324 e. The van der Waals surface area contributed by atoms with Gasteiger partial charge in [-0.2, -0.15) is 0 Å². The van der Waals surface area contributed by atoms with Crippen LogP contribution in [0.15, 0.2) is 36.4 Å². The lowest BCUT2D eigenvalue weighted by atomic mass is 10.1. The van der Waals surface area contributed by atoms with Gasteiger partial charge in [-0.1, -0.05) is 30.3 Å². The van der Waals surface area contributed by atoms with E-state index >= 15 is 0 Å². The van der Waals surface area contributed by atoms with Crippen LogP contribution in [0.2, 0.25) is 0 Å². The number of halogens is 1. The summed E-state index contributed by atoms with van der Waals surface area (Å²) in [7, 11) is 0. The molecule has 4 heteroatoms. The second kappa shape index (κ2) is 6.08. The third kappa shape index (κ3) is 3.87. The van der Waals surface area contributed by atoms with Crippen molar-refractivity contribution in [1.29, 1.82) is 0 Å². The first-order chi connectivity index (χ1) is 7.63. The molecule has 1 rings (SSSR count). The molecule has 0 aliphatic carbocycles. The Morgan fingerprint density at radius 3 is 2.44 bits per heavy atom. The van der Waals surface area contributed by atoms with Crippen LogP contribution in [0.25, 0.3) is 5.70 Å². The van der Waals surface area contributed by atoms with Crippen LogP contribution in [0.4, 0.5) is 0 Å². The van der Waals surface area contributed by atoms with E-state index in [4.69, 9.17) is 11.6 Å². The van der Waals surface area contributed by atoms with Gasteiger partial charge in [0, 0.05) is 6.08 Å². The van der Waals surface area contributed by atoms with Crippen molar-refractivity contribution >= 4 is 29.0 Å². The lowest BCUT2D eigenvalue weighted by Crippen LogP contribution is -2.23. The molecular weight excluding hydrogens is 226 g/mol. The average molecular weight is 238 g/mol. The zero-order valence-corrected chi connectivity index (χ0v) is 9.62. The van der Waals surface area contributed by atoms with Crippen LogP contribution >= 0.6 is 11.6 Å². The highest BCUT2D eigenvalue weighted by Gasteiger charge is 2.06. The maximum atomic E-state index is 11.2. The molecule has 0 spiro atoms. The van der Waals surface area contributed by atoms with Crippen molar-refractivity contribution in [3.63, 3.8) is 0 Å².